The zero-order chi connectivity index (χ0) is 12.4. The molecule has 6 heteroatoms. The summed E-state index contributed by atoms with van der Waals surface area (Å²) in [7, 11) is 1.39. The molecule has 1 aromatic heterocycles. The molecule has 2 aromatic rings. The summed E-state index contributed by atoms with van der Waals surface area (Å²) in [6, 6.07) is 7.81. The van der Waals surface area contributed by atoms with Crippen LogP contribution in [0.3, 0.4) is 0 Å². The number of hydrogen-bond donors (Lipinski definition) is 1. The van der Waals surface area contributed by atoms with E-state index < -0.39 is 11.2 Å². The van der Waals surface area contributed by atoms with E-state index in [9.17, 15) is 9.59 Å². The lowest BCUT2D eigenvalue weighted by atomic mass is 10.3. The van der Waals surface area contributed by atoms with Crippen LogP contribution in [0.5, 0.6) is 5.88 Å². The number of benzene rings is 1. The molecule has 0 atom stereocenters. The van der Waals surface area contributed by atoms with Gasteiger partial charge in [-0.2, -0.15) is 0 Å². The number of nitrogens with one attached hydrogen (secondary N) is 1. The van der Waals surface area contributed by atoms with Crippen molar-refractivity contribution in [1.29, 1.82) is 0 Å². The average molecular weight is 253 g/mol. The summed E-state index contributed by atoms with van der Waals surface area (Å²) < 4.78 is 6.25. The van der Waals surface area contributed by atoms with Crippen LogP contribution in [-0.2, 0) is 0 Å². The summed E-state index contributed by atoms with van der Waals surface area (Å²) in [5.41, 5.74) is -0.499. The number of methoxy groups -OCH3 is 1. The Morgan fingerprint density at radius 3 is 2.47 bits per heavy atom. The SMILES string of the molecule is COc1cc(=O)[nH]c(=O)n1-c1ccc(Cl)cc1. The molecule has 88 valence electrons. The Morgan fingerprint density at radius 1 is 1.24 bits per heavy atom. The molecule has 0 aliphatic heterocycles. The minimum Gasteiger partial charge on any atom is -0.482 e. The van der Waals surface area contributed by atoms with Crippen molar-refractivity contribution in [3.8, 4) is 11.6 Å². The van der Waals surface area contributed by atoms with Crippen LogP contribution in [-0.4, -0.2) is 16.7 Å². The highest BCUT2D eigenvalue weighted by molar-refractivity contribution is 6.30. The van der Waals surface area contributed by atoms with Gasteiger partial charge in [0.1, 0.15) is 0 Å². The highest BCUT2D eigenvalue weighted by Gasteiger charge is 2.08. The predicted molar refractivity (Wildman–Crippen MR) is 64.2 cm³/mol. The molecule has 0 bridgehead atoms. The third kappa shape index (κ3) is 2.24. The first-order chi connectivity index (χ1) is 8.11. The Hall–Kier alpha value is -2.01. The second kappa shape index (κ2) is 4.47. The van der Waals surface area contributed by atoms with Gasteiger partial charge in [-0.15, -0.1) is 0 Å². The van der Waals surface area contributed by atoms with Gasteiger partial charge in [0.15, 0.2) is 0 Å². The van der Waals surface area contributed by atoms with Crippen LogP contribution in [0, 0.1) is 0 Å². The zero-order valence-electron chi connectivity index (χ0n) is 8.94. The second-order valence-electron chi connectivity index (χ2n) is 3.29. The topological polar surface area (TPSA) is 64.1 Å². The molecule has 0 radical (unpaired) electrons. The van der Waals surface area contributed by atoms with E-state index in [1.165, 1.54) is 17.7 Å². The van der Waals surface area contributed by atoms with Crippen LogP contribution < -0.4 is 16.0 Å². The van der Waals surface area contributed by atoms with Gasteiger partial charge >= 0.3 is 5.69 Å². The van der Waals surface area contributed by atoms with Crippen molar-refractivity contribution >= 4 is 11.6 Å². The molecule has 1 heterocycles. The number of hydrogen-bond acceptors (Lipinski definition) is 3. The zero-order valence-corrected chi connectivity index (χ0v) is 9.69. The number of rotatable bonds is 2. The molecule has 0 saturated heterocycles. The fourth-order valence-corrected chi connectivity index (χ4v) is 1.59. The quantitative estimate of drug-likeness (QED) is 0.873. The van der Waals surface area contributed by atoms with Gasteiger partial charge in [-0.1, -0.05) is 11.6 Å². The molecule has 2 rings (SSSR count). The van der Waals surface area contributed by atoms with Crippen LogP contribution >= 0.6 is 11.6 Å². The first-order valence-electron chi connectivity index (χ1n) is 4.78. The predicted octanol–water partition coefficient (Wildman–Crippen LogP) is 1.19. The maximum absolute atomic E-state index is 11.7. The van der Waals surface area contributed by atoms with Gasteiger partial charge in [-0.3, -0.25) is 9.78 Å². The van der Waals surface area contributed by atoms with E-state index in [0.717, 1.165) is 0 Å². The molecule has 0 aliphatic rings. The van der Waals surface area contributed by atoms with Crippen molar-refractivity contribution in [2.24, 2.45) is 0 Å². The first kappa shape index (κ1) is 11.5. The molecule has 0 amide bonds. The molecule has 17 heavy (non-hydrogen) atoms. The van der Waals surface area contributed by atoms with Crippen LogP contribution in [0.4, 0.5) is 0 Å². The highest BCUT2D eigenvalue weighted by Crippen LogP contribution is 2.15. The number of aromatic amines is 1. The number of nitrogens with zero attached hydrogens (tertiary/aromatic N) is 1. The van der Waals surface area contributed by atoms with Crippen molar-refractivity contribution in [3.05, 3.63) is 56.2 Å². The molecule has 5 nitrogen and oxygen atoms in total. The van der Waals surface area contributed by atoms with Crippen LogP contribution in [0.2, 0.25) is 5.02 Å². The van der Waals surface area contributed by atoms with E-state index in [1.807, 2.05) is 0 Å². The van der Waals surface area contributed by atoms with Gasteiger partial charge in [-0.05, 0) is 24.3 Å². The molecule has 0 spiro atoms. The first-order valence-corrected chi connectivity index (χ1v) is 5.16. The molecular formula is C11H9ClN2O3. The van der Waals surface area contributed by atoms with Crippen molar-refractivity contribution in [2.45, 2.75) is 0 Å². The largest absolute Gasteiger partial charge is 0.482 e. The van der Waals surface area contributed by atoms with Gasteiger partial charge in [0.05, 0.1) is 18.9 Å². The lowest BCUT2D eigenvalue weighted by molar-refractivity contribution is 0.381. The van der Waals surface area contributed by atoms with E-state index in [4.69, 9.17) is 16.3 Å². The van der Waals surface area contributed by atoms with E-state index in [-0.39, 0.29) is 5.88 Å². The minimum absolute atomic E-state index is 0.168. The third-order valence-electron chi connectivity index (χ3n) is 2.20. The monoisotopic (exact) mass is 252 g/mol. The minimum atomic E-state index is -0.559. The second-order valence-corrected chi connectivity index (χ2v) is 3.73. The van der Waals surface area contributed by atoms with Crippen molar-refractivity contribution in [3.63, 3.8) is 0 Å². The number of halogens is 1. The van der Waals surface area contributed by atoms with E-state index >= 15 is 0 Å². The molecule has 1 N–H and O–H groups in total. The maximum Gasteiger partial charge on any atom is 0.335 e. The van der Waals surface area contributed by atoms with Gasteiger partial charge in [0.25, 0.3) is 5.56 Å². The summed E-state index contributed by atoms with van der Waals surface area (Å²) in [6.45, 7) is 0. The van der Waals surface area contributed by atoms with Crippen LogP contribution in [0.25, 0.3) is 5.69 Å². The summed E-state index contributed by atoms with van der Waals surface area (Å²) in [4.78, 5) is 25.0. The third-order valence-corrected chi connectivity index (χ3v) is 2.45. The summed E-state index contributed by atoms with van der Waals surface area (Å²) in [5.74, 6) is 0.168. The fraction of sp³-hybridized carbons (Fsp3) is 0.0909. The van der Waals surface area contributed by atoms with E-state index in [0.29, 0.717) is 10.7 Å². The van der Waals surface area contributed by atoms with Crippen LogP contribution in [0.15, 0.2) is 39.9 Å². The molecule has 0 saturated carbocycles. The highest BCUT2D eigenvalue weighted by atomic mass is 35.5. The van der Waals surface area contributed by atoms with E-state index in [2.05, 4.69) is 4.98 Å². The molecular weight excluding hydrogens is 244 g/mol. The summed E-state index contributed by atoms with van der Waals surface area (Å²) in [6.07, 6.45) is 0. The van der Waals surface area contributed by atoms with Gasteiger partial charge in [-0.25, -0.2) is 9.36 Å². The van der Waals surface area contributed by atoms with Crippen molar-refractivity contribution in [2.75, 3.05) is 7.11 Å². The Balaban J connectivity index is 2.70. The Bertz CT molecular complexity index is 643. The Labute approximate surface area is 101 Å². The number of ether oxygens (including phenoxy) is 1. The van der Waals surface area contributed by atoms with Crippen molar-refractivity contribution < 1.29 is 4.74 Å². The van der Waals surface area contributed by atoms with Gasteiger partial charge in [0.2, 0.25) is 5.88 Å². The standard InChI is InChI=1S/C11H9ClN2O3/c1-17-10-6-9(15)13-11(16)14(10)8-4-2-7(12)3-5-8/h2-6H,1H3,(H,13,15,16). The maximum atomic E-state index is 11.7. The van der Waals surface area contributed by atoms with Gasteiger partial charge < -0.3 is 4.74 Å². The summed E-state index contributed by atoms with van der Waals surface area (Å²) in [5, 5.41) is 0.560. The summed E-state index contributed by atoms with van der Waals surface area (Å²) >= 11 is 5.76. The molecule has 0 aliphatic carbocycles. The molecule has 0 unspecified atom stereocenters. The lowest BCUT2D eigenvalue weighted by Crippen LogP contribution is -2.29. The Kier molecular flexibility index (Phi) is 3.01. The molecule has 1 aromatic carbocycles. The fourth-order valence-electron chi connectivity index (χ4n) is 1.46. The number of H-pyrrole nitrogens is 1. The Morgan fingerprint density at radius 2 is 1.88 bits per heavy atom. The van der Waals surface area contributed by atoms with Crippen molar-refractivity contribution in [1.82, 2.24) is 9.55 Å². The number of aromatic nitrogens is 2. The normalized spacial score (nSPS) is 10.2. The molecule has 0 fully saturated rings. The van der Waals surface area contributed by atoms with Crippen LogP contribution in [0.1, 0.15) is 0 Å². The van der Waals surface area contributed by atoms with E-state index in [1.54, 1.807) is 24.3 Å². The lowest BCUT2D eigenvalue weighted by Gasteiger charge is -2.10. The average Bonchev–Trinajstić information content (AvgIpc) is 2.30. The smallest absolute Gasteiger partial charge is 0.335 e. The van der Waals surface area contributed by atoms with Gasteiger partial charge in [0, 0.05) is 5.02 Å².